The predicted molar refractivity (Wildman–Crippen MR) is 61.8 cm³/mol. The minimum Gasteiger partial charge on any atom is -0.336 e. The van der Waals surface area contributed by atoms with E-state index >= 15 is 0 Å². The minimum atomic E-state index is 0.120. The Balaban J connectivity index is 1.90. The van der Waals surface area contributed by atoms with E-state index in [0.29, 0.717) is 0 Å². The van der Waals surface area contributed by atoms with Gasteiger partial charge < -0.3 is 10.2 Å². The van der Waals surface area contributed by atoms with Gasteiger partial charge in [0.2, 0.25) is 0 Å². The maximum atomic E-state index is 11.2. The van der Waals surface area contributed by atoms with E-state index in [4.69, 9.17) is 0 Å². The van der Waals surface area contributed by atoms with Crippen LogP contribution >= 0.6 is 11.8 Å². The molecule has 14 heavy (non-hydrogen) atoms. The first-order valence-electron chi connectivity index (χ1n) is 5.36. The molecule has 0 saturated carbocycles. The monoisotopic (exact) mass is 216 g/mol. The molecule has 0 bridgehead atoms. The number of carbonyl (C=O) groups excluding carboxylic acids is 1. The quantitative estimate of drug-likeness (QED) is 0.660. The number of nitrogens with zero attached hydrogens (tertiary/aromatic N) is 1. The first-order valence-corrected chi connectivity index (χ1v) is 6.75. The second kappa shape index (κ2) is 6.98. The van der Waals surface area contributed by atoms with Crippen LogP contribution in [-0.2, 0) is 0 Å². The molecule has 0 aromatic rings. The third kappa shape index (κ3) is 4.22. The second-order valence-corrected chi connectivity index (χ2v) is 4.61. The fraction of sp³-hybridized carbons (Fsp3) is 0.900. The highest BCUT2D eigenvalue weighted by Gasteiger charge is 2.17. The molecule has 0 unspecified atom stereocenters. The van der Waals surface area contributed by atoms with Gasteiger partial charge in [0, 0.05) is 19.6 Å². The number of hydrogen-bond donors (Lipinski definition) is 1. The first kappa shape index (κ1) is 11.7. The van der Waals surface area contributed by atoms with Crippen LogP contribution in [0.5, 0.6) is 0 Å². The van der Waals surface area contributed by atoms with Crippen molar-refractivity contribution in [2.45, 2.75) is 25.7 Å². The van der Waals surface area contributed by atoms with Gasteiger partial charge in [-0.2, -0.15) is 11.8 Å². The summed E-state index contributed by atoms with van der Waals surface area (Å²) in [5.41, 5.74) is 0. The Kier molecular flexibility index (Phi) is 5.83. The standard InChI is InChI=1S/C10H20N2OS/c1-14-9-5-3-2-4-7-12-8-6-11-10(12)13/h2-9H2,1H3,(H,11,13). The number of rotatable bonds is 7. The first-order chi connectivity index (χ1) is 6.84. The van der Waals surface area contributed by atoms with Crippen LogP contribution in [0.4, 0.5) is 4.79 Å². The zero-order valence-corrected chi connectivity index (χ0v) is 9.74. The molecule has 1 aliphatic rings. The third-order valence-corrected chi connectivity index (χ3v) is 3.17. The van der Waals surface area contributed by atoms with Crippen molar-refractivity contribution in [3.8, 4) is 0 Å². The summed E-state index contributed by atoms with van der Waals surface area (Å²) in [6, 6.07) is 0.120. The Morgan fingerprint density at radius 3 is 2.79 bits per heavy atom. The number of hydrogen-bond acceptors (Lipinski definition) is 2. The van der Waals surface area contributed by atoms with E-state index in [1.807, 2.05) is 16.7 Å². The molecule has 1 saturated heterocycles. The zero-order chi connectivity index (χ0) is 10.2. The van der Waals surface area contributed by atoms with Crippen molar-refractivity contribution < 1.29 is 4.79 Å². The summed E-state index contributed by atoms with van der Waals surface area (Å²) in [4.78, 5) is 13.1. The van der Waals surface area contributed by atoms with Crippen molar-refractivity contribution in [1.82, 2.24) is 10.2 Å². The molecule has 3 nitrogen and oxygen atoms in total. The Morgan fingerprint density at radius 1 is 1.36 bits per heavy atom. The van der Waals surface area contributed by atoms with Crippen molar-refractivity contribution in [3.05, 3.63) is 0 Å². The maximum absolute atomic E-state index is 11.2. The van der Waals surface area contributed by atoms with Crippen LogP contribution in [0.25, 0.3) is 0 Å². The number of urea groups is 1. The van der Waals surface area contributed by atoms with Crippen LogP contribution < -0.4 is 5.32 Å². The van der Waals surface area contributed by atoms with Crippen molar-refractivity contribution in [2.75, 3.05) is 31.6 Å². The molecule has 1 fully saturated rings. The van der Waals surface area contributed by atoms with E-state index in [9.17, 15) is 4.79 Å². The normalized spacial score (nSPS) is 16.1. The fourth-order valence-electron chi connectivity index (χ4n) is 1.63. The van der Waals surface area contributed by atoms with Gasteiger partial charge in [0.25, 0.3) is 0 Å². The number of thioether (sulfide) groups is 1. The van der Waals surface area contributed by atoms with Gasteiger partial charge >= 0.3 is 6.03 Å². The number of amides is 2. The molecule has 2 amide bonds. The predicted octanol–water partition coefficient (Wildman–Crippen LogP) is 1.94. The van der Waals surface area contributed by atoms with E-state index in [1.54, 1.807) is 0 Å². The van der Waals surface area contributed by atoms with Gasteiger partial charge in [-0.15, -0.1) is 0 Å². The van der Waals surface area contributed by atoms with Crippen LogP contribution in [0, 0.1) is 0 Å². The number of carbonyl (C=O) groups is 1. The third-order valence-electron chi connectivity index (χ3n) is 2.47. The van der Waals surface area contributed by atoms with Crippen molar-refractivity contribution in [2.24, 2.45) is 0 Å². The average Bonchev–Trinajstić information content (AvgIpc) is 2.58. The second-order valence-electron chi connectivity index (χ2n) is 3.63. The summed E-state index contributed by atoms with van der Waals surface area (Å²) in [5, 5.41) is 2.81. The van der Waals surface area contributed by atoms with Gasteiger partial charge in [-0.3, -0.25) is 0 Å². The van der Waals surface area contributed by atoms with Crippen molar-refractivity contribution in [1.29, 1.82) is 0 Å². The topological polar surface area (TPSA) is 32.3 Å². The minimum absolute atomic E-state index is 0.120. The highest BCUT2D eigenvalue weighted by Crippen LogP contribution is 2.06. The summed E-state index contributed by atoms with van der Waals surface area (Å²) in [7, 11) is 0. The molecule has 0 radical (unpaired) electrons. The van der Waals surface area contributed by atoms with Gasteiger partial charge in [0.1, 0.15) is 0 Å². The van der Waals surface area contributed by atoms with Crippen LogP contribution in [-0.4, -0.2) is 42.6 Å². The van der Waals surface area contributed by atoms with Gasteiger partial charge in [0.15, 0.2) is 0 Å². The average molecular weight is 216 g/mol. The molecule has 0 atom stereocenters. The molecule has 1 rings (SSSR count). The lowest BCUT2D eigenvalue weighted by Crippen LogP contribution is -2.28. The van der Waals surface area contributed by atoms with Crippen LogP contribution in [0.3, 0.4) is 0 Å². The summed E-state index contributed by atoms with van der Waals surface area (Å²) >= 11 is 1.91. The Hall–Kier alpha value is -0.380. The molecule has 1 heterocycles. The molecule has 82 valence electrons. The lowest BCUT2D eigenvalue weighted by atomic mass is 10.2. The highest BCUT2D eigenvalue weighted by molar-refractivity contribution is 7.98. The largest absolute Gasteiger partial charge is 0.336 e. The molecule has 0 spiro atoms. The maximum Gasteiger partial charge on any atom is 0.317 e. The Bertz CT molecular complexity index is 176. The van der Waals surface area contributed by atoms with E-state index in [2.05, 4.69) is 11.6 Å². The summed E-state index contributed by atoms with van der Waals surface area (Å²) in [6.45, 7) is 2.65. The van der Waals surface area contributed by atoms with E-state index in [0.717, 1.165) is 26.1 Å². The summed E-state index contributed by atoms with van der Waals surface area (Å²) in [5.74, 6) is 1.27. The van der Waals surface area contributed by atoms with Gasteiger partial charge in [-0.05, 0) is 24.9 Å². The fourth-order valence-corrected chi connectivity index (χ4v) is 2.12. The molecule has 0 aliphatic carbocycles. The Morgan fingerprint density at radius 2 is 2.14 bits per heavy atom. The zero-order valence-electron chi connectivity index (χ0n) is 8.92. The van der Waals surface area contributed by atoms with E-state index in [1.165, 1.54) is 25.0 Å². The molecule has 4 heteroatoms. The molecule has 0 aromatic heterocycles. The van der Waals surface area contributed by atoms with Crippen molar-refractivity contribution in [3.63, 3.8) is 0 Å². The molecular weight excluding hydrogens is 196 g/mol. The summed E-state index contributed by atoms with van der Waals surface area (Å²) < 4.78 is 0. The number of nitrogens with one attached hydrogen (secondary N) is 1. The molecule has 0 aromatic carbocycles. The van der Waals surface area contributed by atoms with E-state index < -0.39 is 0 Å². The van der Waals surface area contributed by atoms with Gasteiger partial charge in [0.05, 0.1) is 0 Å². The lowest BCUT2D eigenvalue weighted by Gasteiger charge is -2.13. The van der Waals surface area contributed by atoms with Crippen LogP contribution in [0.2, 0.25) is 0 Å². The SMILES string of the molecule is CSCCCCCCN1CCNC1=O. The molecule has 1 N–H and O–H groups in total. The Labute approximate surface area is 90.6 Å². The van der Waals surface area contributed by atoms with Gasteiger partial charge in [-0.1, -0.05) is 12.8 Å². The number of unbranched alkanes of at least 4 members (excludes halogenated alkanes) is 3. The lowest BCUT2D eigenvalue weighted by molar-refractivity contribution is 0.216. The van der Waals surface area contributed by atoms with Crippen molar-refractivity contribution >= 4 is 17.8 Å². The van der Waals surface area contributed by atoms with Crippen LogP contribution in [0.15, 0.2) is 0 Å². The molecular formula is C10H20N2OS. The van der Waals surface area contributed by atoms with Gasteiger partial charge in [-0.25, -0.2) is 4.79 Å². The molecule has 1 aliphatic heterocycles. The highest BCUT2D eigenvalue weighted by atomic mass is 32.2. The summed E-state index contributed by atoms with van der Waals surface area (Å²) in [6.07, 6.45) is 7.17. The van der Waals surface area contributed by atoms with Crippen LogP contribution in [0.1, 0.15) is 25.7 Å². The van der Waals surface area contributed by atoms with E-state index in [-0.39, 0.29) is 6.03 Å². The smallest absolute Gasteiger partial charge is 0.317 e.